The maximum atomic E-state index is 14.7. The van der Waals surface area contributed by atoms with Crippen molar-refractivity contribution < 1.29 is 32.0 Å². The molecule has 3 aromatic heterocycles. The predicted octanol–water partition coefficient (Wildman–Crippen LogP) is 3.98. The molecular formula is C24H21F4N7O3. The molecule has 10 nitrogen and oxygen atoms in total. The number of carbonyl (C=O) groups is 1. The Labute approximate surface area is 212 Å². The SMILES string of the molecule is O=C(Cc1ccc(-c2cnc(Nc3cnn(CCO)c3)nc2)cc1F)Nc1cc(C2(C(F)(F)F)CC2)on1. The van der Waals surface area contributed by atoms with Gasteiger partial charge in [0.1, 0.15) is 11.2 Å². The zero-order chi connectivity index (χ0) is 26.9. The van der Waals surface area contributed by atoms with Crippen molar-refractivity contribution in [2.24, 2.45) is 0 Å². The van der Waals surface area contributed by atoms with Crippen molar-refractivity contribution in [3.63, 3.8) is 0 Å². The molecule has 1 aromatic carbocycles. The third-order valence-corrected chi connectivity index (χ3v) is 6.15. The molecule has 1 aliphatic carbocycles. The monoisotopic (exact) mass is 531 g/mol. The van der Waals surface area contributed by atoms with E-state index in [9.17, 15) is 22.4 Å². The van der Waals surface area contributed by atoms with E-state index in [4.69, 9.17) is 9.63 Å². The number of aromatic nitrogens is 5. The van der Waals surface area contributed by atoms with Gasteiger partial charge in [0.2, 0.25) is 11.9 Å². The number of nitrogens with zero attached hydrogens (tertiary/aromatic N) is 5. The third-order valence-electron chi connectivity index (χ3n) is 6.15. The van der Waals surface area contributed by atoms with Gasteiger partial charge >= 0.3 is 6.18 Å². The van der Waals surface area contributed by atoms with Crippen LogP contribution in [0.4, 0.5) is 35.0 Å². The van der Waals surface area contributed by atoms with E-state index in [2.05, 4.69) is 30.9 Å². The summed E-state index contributed by atoms with van der Waals surface area (Å²) in [5, 5.41) is 21.8. The number of nitrogens with one attached hydrogen (secondary N) is 2. The number of aliphatic hydroxyl groups is 1. The number of anilines is 3. The van der Waals surface area contributed by atoms with Gasteiger partial charge in [0.05, 0.1) is 31.5 Å². The molecule has 38 heavy (non-hydrogen) atoms. The topological polar surface area (TPSA) is 131 Å². The Hall–Kier alpha value is -4.33. The predicted molar refractivity (Wildman–Crippen MR) is 126 cm³/mol. The molecule has 5 rings (SSSR count). The second-order valence-electron chi connectivity index (χ2n) is 8.82. The Morgan fingerprint density at radius 2 is 1.89 bits per heavy atom. The zero-order valence-electron chi connectivity index (χ0n) is 19.7. The Bertz CT molecular complexity index is 1450. The lowest BCUT2D eigenvalue weighted by Gasteiger charge is -2.14. The summed E-state index contributed by atoms with van der Waals surface area (Å²) in [6.45, 7) is 0.315. The number of benzene rings is 1. The lowest BCUT2D eigenvalue weighted by atomic mass is 10.0. The summed E-state index contributed by atoms with van der Waals surface area (Å²) in [6.07, 6.45) is 1.23. The summed E-state index contributed by atoms with van der Waals surface area (Å²) < 4.78 is 60.8. The first kappa shape index (κ1) is 25.3. The maximum Gasteiger partial charge on any atom is 0.401 e. The van der Waals surface area contributed by atoms with Crippen molar-refractivity contribution in [2.75, 3.05) is 17.2 Å². The molecule has 0 radical (unpaired) electrons. The number of amides is 1. The van der Waals surface area contributed by atoms with E-state index in [1.54, 1.807) is 23.1 Å². The van der Waals surface area contributed by atoms with Crippen molar-refractivity contribution in [3.8, 4) is 11.1 Å². The van der Waals surface area contributed by atoms with Crippen LogP contribution in [0.1, 0.15) is 24.2 Å². The largest absolute Gasteiger partial charge is 0.401 e. The van der Waals surface area contributed by atoms with Crippen molar-refractivity contribution in [1.82, 2.24) is 24.9 Å². The minimum absolute atomic E-state index is 0.0410. The van der Waals surface area contributed by atoms with Crippen LogP contribution in [0.5, 0.6) is 0 Å². The summed E-state index contributed by atoms with van der Waals surface area (Å²) in [5.74, 6) is -1.52. The van der Waals surface area contributed by atoms with E-state index in [-0.39, 0.29) is 43.0 Å². The first-order valence-electron chi connectivity index (χ1n) is 11.5. The van der Waals surface area contributed by atoms with Crippen LogP contribution < -0.4 is 10.6 Å². The van der Waals surface area contributed by atoms with Gasteiger partial charge in [-0.25, -0.2) is 14.4 Å². The fourth-order valence-electron chi connectivity index (χ4n) is 3.91. The van der Waals surface area contributed by atoms with E-state index in [0.717, 1.165) is 6.07 Å². The molecule has 3 N–H and O–H groups in total. The first-order chi connectivity index (χ1) is 18.2. The number of hydrogen-bond acceptors (Lipinski definition) is 8. The highest BCUT2D eigenvalue weighted by Gasteiger charge is 2.66. The number of alkyl halides is 3. The summed E-state index contributed by atoms with van der Waals surface area (Å²) in [7, 11) is 0. The lowest BCUT2D eigenvalue weighted by molar-refractivity contribution is -0.165. The quantitative estimate of drug-likeness (QED) is 0.277. The van der Waals surface area contributed by atoms with Gasteiger partial charge in [-0.1, -0.05) is 17.3 Å². The highest BCUT2D eigenvalue weighted by atomic mass is 19.4. The van der Waals surface area contributed by atoms with Gasteiger partial charge in [0, 0.05) is 30.2 Å². The maximum absolute atomic E-state index is 14.7. The van der Waals surface area contributed by atoms with Crippen molar-refractivity contribution in [2.45, 2.75) is 37.4 Å². The van der Waals surface area contributed by atoms with Crippen molar-refractivity contribution in [1.29, 1.82) is 0 Å². The molecule has 0 saturated heterocycles. The standard InChI is InChI=1S/C24H21F4N7O3/c25-18-7-14(16-10-29-22(30-11-16)32-17-12-31-35(13-17)5-6-36)1-2-15(18)8-21(37)33-20-9-19(38-34-20)23(3-4-23)24(26,27)28/h1-2,7,9-13,36H,3-6,8H2,(H,29,30,32)(H,33,34,37). The van der Waals surface area contributed by atoms with Crippen molar-refractivity contribution in [3.05, 3.63) is 66.2 Å². The number of hydrogen-bond donors (Lipinski definition) is 3. The molecule has 198 valence electrons. The van der Waals surface area contributed by atoms with E-state index in [0.29, 0.717) is 29.3 Å². The van der Waals surface area contributed by atoms with Crippen LogP contribution >= 0.6 is 0 Å². The van der Waals surface area contributed by atoms with E-state index < -0.39 is 23.3 Å². The third kappa shape index (κ3) is 5.20. The molecule has 0 spiro atoms. The summed E-state index contributed by atoms with van der Waals surface area (Å²) in [6, 6.07) is 5.33. The van der Waals surface area contributed by atoms with E-state index in [1.165, 1.54) is 24.5 Å². The Morgan fingerprint density at radius 3 is 2.55 bits per heavy atom. The van der Waals surface area contributed by atoms with E-state index >= 15 is 0 Å². The Kier molecular flexibility index (Phi) is 6.57. The number of rotatable bonds is 9. The molecular weight excluding hydrogens is 510 g/mol. The summed E-state index contributed by atoms with van der Waals surface area (Å²) in [4.78, 5) is 20.8. The van der Waals surface area contributed by atoms with Crippen LogP contribution in [-0.2, 0) is 23.2 Å². The highest BCUT2D eigenvalue weighted by Crippen LogP contribution is 2.59. The Balaban J connectivity index is 1.20. The molecule has 0 atom stereocenters. The van der Waals surface area contributed by atoms with Crippen LogP contribution in [0, 0.1) is 5.82 Å². The minimum atomic E-state index is -4.47. The molecule has 3 heterocycles. The van der Waals surface area contributed by atoms with Gasteiger partial charge in [0.15, 0.2) is 11.6 Å². The van der Waals surface area contributed by atoms with Crippen LogP contribution in [0.25, 0.3) is 11.1 Å². The summed E-state index contributed by atoms with van der Waals surface area (Å²) in [5.41, 5.74) is -0.309. The first-order valence-corrected chi connectivity index (χ1v) is 11.5. The number of aliphatic hydroxyl groups excluding tert-OH is 1. The fourth-order valence-corrected chi connectivity index (χ4v) is 3.91. The van der Waals surface area contributed by atoms with Gasteiger partial charge < -0.3 is 20.3 Å². The molecule has 4 aromatic rings. The molecule has 14 heteroatoms. The van der Waals surface area contributed by atoms with Crippen LogP contribution in [0.3, 0.4) is 0 Å². The van der Waals surface area contributed by atoms with Gasteiger partial charge in [-0.05, 0) is 30.0 Å². The number of halogens is 4. The highest BCUT2D eigenvalue weighted by molar-refractivity contribution is 5.91. The summed E-state index contributed by atoms with van der Waals surface area (Å²) >= 11 is 0. The second kappa shape index (κ2) is 9.85. The molecule has 1 aliphatic rings. The van der Waals surface area contributed by atoms with Crippen LogP contribution in [-0.4, -0.2) is 48.7 Å². The lowest BCUT2D eigenvalue weighted by Crippen LogP contribution is -2.28. The number of carbonyl (C=O) groups excluding carboxylic acids is 1. The minimum Gasteiger partial charge on any atom is -0.394 e. The van der Waals surface area contributed by atoms with Crippen LogP contribution in [0.15, 0.2) is 53.6 Å². The van der Waals surface area contributed by atoms with Gasteiger partial charge in [-0.15, -0.1) is 0 Å². The zero-order valence-corrected chi connectivity index (χ0v) is 19.7. The second-order valence-corrected chi connectivity index (χ2v) is 8.82. The smallest absolute Gasteiger partial charge is 0.394 e. The van der Waals surface area contributed by atoms with Crippen molar-refractivity contribution >= 4 is 23.4 Å². The van der Waals surface area contributed by atoms with Gasteiger partial charge in [0.25, 0.3) is 0 Å². The normalized spacial score (nSPS) is 14.3. The molecule has 1 fully saturated rings. The average molecular weight is 531 g/mol. The molecule has 0 bridgehead atoms. The molecule has 1 amide bonds. The fraction of sp³-hybridized carbons (Fsp3) is 0.292. The van der Waals surface area contributed by atoms with E-state index in [1.807, 2.05) is 0 Å². The Morgan fingerprint density at radius 1 is 1.13 bits per heavy atom. The molecule has 0 aliphatic heterocycles. The molecule has 0 unspecified atom stereocenters. The average Bonchev–Trinajstić information content (AvgIpc) is 3.39. The van der Waals surface area contributed by atoms with Gasteiger partial charge in [-0.2, -0.15) is 18.3 Å². The van der Waals surface area contributed by atoms with Gasteiger partial charge in [-0.3, -0.25) is 9.48 Å². The van der Waals surface area contributed by atoms with Crippen LogP contribution in [0.2, 0.25) is 0 Å². The molecule has 1 saturated carbocycles.